The van der Waals surface area contributed by atoms with Crippen molar-refractivity contribution in [2.75, 3.05) is 13.6 Å². The van der Waals surface area contributed by atoms with Crippen LogP contribution in [0.5, 0.6) is 0 Å². The van der Waals surface area contributed by atoms with Crippen molar-refractivity contribution in [3.8, 4) is 0 Å². The van der Waals surface area contributed by atoms with Crippen molar-refractivity contribution in [1.82, 2.24) is 10.2 Å². The molecule has 1 aliphatic rings. The highest BCUT2D eigenvalue weighted by molar-refractivity contribution is 4.89. The molecule has 0 saturated heterocycles. The van der Waals surface area contributed by atoms with Crippen molar-refractivity contribution < 1.29 is 0 Å². The molecule has 1 saturated carbocycles. The van der Waals surface area contributed by atoms with Gasteiger partial charge < -0.3 is 5.32 Å². The van der Waals surface area contributed by atoms with E-state index in [0.29, 0.717) is 6.04 Å². The van der Waals surface area contributed by atoms with Crippen LogP contribution in [0, 0.1) is 5.92 Å². The zero-order chi connectivity index (χ0) is 11.6. The zero-order valence-electron chi connectivity index (χ0n) is 11.3. The molecule has 2 heteroatoms. The minimum atomic E-state index is 0.234. The number of rotatable bonds is 5. The Hall–Kier alpha value is -0.0800. The van der Waals surface area contributed by atoms with Gasteiger partial charge >= 0.3 is 0 Å². The van der Waals surface area contributed by atoms with Crippen molar-refractivity contribution in [3.05, 3.63) is 0 Å². The molecule has 0 aliphatic heterocycles. The molecule has 0 aromatic heterocycles. The first-order chi connectivity index (χ1) is 6.81. The Morgan fingerprint density at radius 3 is 2.13 bits per heavy atom. The van der Waals surface area contributed by atoms with Crippen LogP contribution in [0.1, 0.15) is 47.5 Å². The van der Waals surface area contributed by atoms with E-state index in [4.69, 9.17) is 0 Å². The van der Waals surface area contributed by atoms with E-state index in [0.717, 1.165) is 18.5 Å². The maximum atomic E-state index is 3.63. The van der Waals surface area contributed by atoms with Crippen molar-refractivity contribution in [1.29, 1.82) is 0 Å². The molecule has 0 spiro atoms. The van der Waals surface area contributed by atoms with Crippen LogP contribution in [0.15, 0.2) is 0 Å². The molecule has 90 valence electrons. The van der Waals surface area contributed by atoms with E-state index in [2.05, 4.69) is 51.9 Å². The summed E-state index contributed by atoms with van der Waals surface area (Å²) in [6.07, 6.45) is 2.80. The molecule has 2 nitrogen and oxygen atoms in total. The second kappa shape index (κ2) is 4.84. The molecule has 1 unspecified atom stereocenters. The molecule has 1 rings (SSSR count). The minimum Gasteiger partial charge on any atom is -0.311 e. The van der Waals surface area contributed by atoms with E-state index in [1.54, 1.807) is 0 Å². The number of hydrogen-bond donors (Lipinski definition) is 1. The topological polar surface area (TPSA) is 15.3 Å². The highest BCUT2D eigenvalue weighted by Crippen LogP contribution is 2.28. The molecule has 0 heterocycles. The highest BCUT2D eigenvalue weighted by atomic mass is 15.2. The summed E-state index contributed by atoms with van der Waals surface area (Å²) in [7, 11) is 2.28. The largest absolute Gasteiger partial charge is 0.311 e. The van der Waals surface area contributed by atoms with Crippen molar-refractivity contribution in [3.63, 3.8) is 0 Å². The Labute approximate surface area is 95.4 Å². The van der Waals surface area contributed by atoms with Crippen molar-refractivity contribution in [2.45, 2.75) is 65.1 Å². The summed E-state index contributed by atoms with van der Waals surface area (Å²) in [5.74, 6) is 0.727. The van der Waals surface area contributed by atoms with Gasteiger partial charge in [0.05, 0.1) is 0 Å². The fourth-order valence-corrected chi connectivity index (χ4v) is 2.01. The number of nitrogens with zero attached hydrogens (tertiary/aromatic N) is 1. The average Bonchev–Trinajstić information content (AvgIpc) is 2.82. The Morgan fingerprint density at radius 2 is 1.80 bits per heavy atom. The third kappa shape index (κ3) is 4.52. The Morgan fingerprint density at radius 1 is 1.27 bits per heavy atom. The maximum absolute atomic E-state index is 3.63. The van der Waals surface area contributed by atoms with Gasteiger partial charge in [-0.15, -0.1) is 0 Å². The summed E-state index contributed by atoms with van der Waals surface area (Å²) in [6.45, 7) is 12.5. The van der Waals surface area contributed by atoms with Crippen LogP contribution in [0.25, 0.3) is 0 Å². The predicted molar refractivity (Wildman–Crippen MR) is 67.2 cm³/mol. The summed E-state index contributed by atoms with van der Waals surface area (Å²) in [5, 5.41) is 3.63. The molecular weight excluding hydrogens is 184 g/mol. The Balaban J connectivity index is 2.43. The van der Waals surface area contributed by atoms with Gasteiger partial charge in [-0.2, -0.15) is 0 Å². The van der Waals surface area contributed by atoms with Gasteiger partial charge in [0.15, 0.2) is 0 Å². The minimum absolute atomic E-state index is 0.234. The molecule has 0 aromatic carbocycles. The highest BCUT2D eigenvalue weighted by Gasteiger charge is 2.32. The Bertz CT molecular complexity index is 189. The van der Waals surface area contributed by atoms with Gasteiger partial charge in [-0.05, 0) is 46.6 Å². The Kier molecular flexibility index (Phi) is 4.19. The molecule has 0 amide bonds. The normalized spacial score (nSPS) is 20.0. The summed E-state index contributed by atoms with van der Waals surface area (Å²) in [6, 6.07) is 1.54. The average molecular weight is 212 g/mol. The number of nitrogens with one attached hydrogen (secondary N) is 1. The van der Waals surface area contributed by atoms with E-state index >= 15 is 0 Å². The predicted octanol–water partition coefficient (Wildman–Crippen LogP) is 2.49. The summed E-state index contributed by atoms with van der Waals surface area (Å²) in [4.78, 5) is 2.57. The smallest absolute Gasteiger partial charge is 0.0243 e. The first-order valence-electron chi connectivity index (χ1n) is 6.28. The molecule has 1 aliphatic carbocycles. The second-order valence-electron chi connectivity index (χ2n) is 6.34. The van der Waals surface area contributed by atoms with Gasteiger partial charge in [0.25, 0.3) is 0 Å². The first-order valence-corrected chi connectivity index (χ1v) is 6.28. The lowest BCUT2D eigenvalue weighted by atomic mass is 10.0. The molecule has 1 N–H and O–H groups in total. The van der Waals surface area contributed by atoms with Crippen molar-refractivity contribution in [2.24, 2.45) is 5.92 Å². The molecule has 0 radical (unpaired) electrons. The third-order valence-corrected chi connectivity index (χ3v) is 3.26. The molecule has 0 aromatic rings. The number of hydrogen-bond acceptors (Lipinski definition) is 2. The van der Waals surface area contributed by atoms with Crippen molar-refractivity contribution >= 4 is 0 Å². The number of likely N-dealkylation sites (N-methyl/N-ethyl adjacent to an activating group) is 1. The SMILES string of the molecule is CC(C)C(CNC(C)(C)C)N(C)C1CC1. The van der Waals surface area contributed by atoms with E-state index in [9.17, 15) is 0 Å². The standard InChI is InChI=1S/C13H28N2/c1-10(2)12(9-14-13(3,4)5)15(6)11-7-8-11/h10-12,14H,7-9H2,1-6H3. The van der Waals surface area contributed by atoms with E-state index in [-0.39, 0.29) is 5.54 Å². The maximum Gasteiger partial charge on any atom is 0.0243 e. The van der Waals surface area contributed by atoms with Gasteiger partial charge in [-0.25, -0.2) is 0 Å². The summed E-state index contributed by atoms with van der Waals surface area (Å²) in [5.41, 5.74) is 0.234. The van der Waals surface area contributed by atoms with Gasteiger partial charge in [0.1, 0.15) is 0 Å². The lowest BCUT2D eigenvalue weighted by Crippen LogP contribution is -2.49. The van der Waals surface area contributed by atoms with Gasteiger partial charge in [0.2, 0.25) is 0 Å². The fourth-order valence-electron chi connectivity index (χ4n) is 2.01. The third-order valence-electron chi connectivity index (χ3n) is 3.26. The van der Waals surface area contributed by atoms with E-state index in [1.165, 1.54) is 12.8 Å². The van der Waals surface area contributed by atoms with Crippen LogP contribution in [0.2, 0.25) is 0 Å². The van der Waals surface area contributed by atoms with Crippen LogP contribution < -0.4 is 5.32 Å². The first kappa shape index (κ1) is 13.0. The summed E-state index contributed by atoms with van der Waals surface area (Å²) >= 11 is 0. The van der Waals surface area contributed by atoms with E-state index < -0.39 is 0 Å². The quantitative estimate of drug-likeness (QED) is 0.753. The molecule has 0 bridgehead atoms. The lowest BCUT2D eigenvalue weighted by Gasteiger charge is -2.34. The van der Waals surface area contributed by atoms with Crippen LogP contribution in [-0.2, 0) is 0 Å². The second-order valence-corrected chi connectivity index (χ2v) is 6.34. The van der Waals surface area contributed by atoms with Crippen LogP contribution >= 0.6 is 0 Å². The molecular formula is C13H28N2. The summed E-state index contributed by atoms with van der Waals surface area (Å²) < 4.78 is 0. The lowest BCUT2D eigenvalue weighted by molar-refractivity contribution is 0.168. The zero-order valence-corrected chi connectivity index (χ0v) is 11.3. The molecule has 15 heavy (non-hydrogen) atoms. The monoisotopic (exact) mass is 212 g/mol. The van der Waals surface area contributed by atoms with Crippen LogP contribution in [0.4, 0.5) is 0 Å². The fraction of sp³-hybridized carbons (Fsp3) is 1.00. The van der Waals surface area contributed by atoms with Gasteiger partial charge in [-0.1, -0.05) is 13.8 Å². The van der Waals surface area contributed by atoms with Gasteiger partial charge in [0, 0.05) is 24.2 Å². The van der Waals surface area contributed by atoms with Gasteiger partial charge in [-0.3, -0.25) is 4.90 Å². The van der Waals surface area contributed by atoms with Crippen LogP contribution in [0.3, 0.4) is 0 Å². The van der Waals surface area contributed by atoms with E-state index in [1.807, 2.05) is 0 Å². The van der Waals surface area contributed by atoms with Crippen LogP contribution in [-0.4, -0.2) is 36.1 Å². The molecule has 1 fully saturated rings. The molecule has 1 atom stereocenters.